The molecule has 0 aliphatic heterocycles. The molecule has 0 saturated carbocycles. The van der Waals surface area contributed by atoms with Gasteiger partial charge in [0.1, 0.15) is 0 Å². The quantitative estimate of drug-likeness (QED) is 0.302. The lowest BCUT2D eigenvalue weighted by molar-refractivity contribution is -0.140. The van der Waals surface area contributed by atoms with Crippen molar-refractivity contribution in [3.05, 3.63) is 47.5 Å². The number of hydrogen-bond donors (Lipinski definition) is 0. The number of hydrogen-bond acceptors (Lipinski definition) is 3. The number of aryl methyl sites for hydroxylation is 1. The fraction of sp³-hybridized carbons (Fsp3) is 0.600. The molecule has 2 atom stereocenters. The van der Waals surface area contributed by atoms with Crippen LogP contribution in [0.4, 0.5) is 0 Å². The summed E-state index contributed by atoms with van der Waals surface area (Å²) < 4.78 is 4.66. The van der Waals surface area contributed by atoms with Gasteiger partial charge in [-0.1, -0.05) is 75.8 Å². The molecule has 0 saturated heterocycles. The summed E-state index contributed by atoms with van der Waals surface area (Å²) in [5.74, 6) is 0.431. The highest BCUT2D eigenvalue weighted by Gasteiger charge is 2.30. The Morgan fingerprint density at radius 3 is 2.39 bits per heavy atom. The van der Waals surface area contributed by atoms with Gasteiger partial charge in [0.25, 0.3) is 0 Å². The average molecular weight is 385 g/mol. The van der Waals surface area contributed by atoms with Crippen LogP contribution >= 0.6 is 0 Å². The van der Waals surface area contributed by atoms with E-state index in [1.807, 2.05) is 0 Å². The Labute approximate surface area is 170 Å². The highest BCUT2D eigenvalue weighted by Crippen LogP contribution is 2.36. The Morgan fingerprint density at radius 2 is 1.68 bits per heavy atom. The van der Waals surface area contributed by atoms with Crippen molar-refractivity contribution in [1.29, 1.82) is 0 Å². The number of unbranched alkanes of at least 4 members (excludes halogenated alkanes) is 6. The van der Waals surface area contributed by atoms with Gasteiger partial charge < -0.3 is 4.74 Å². The molecule has 0 fully saturated rings. The molecule has 154 valence electrons. The van der Waals surface area contributed by atoms with E-state index in [9.17, 15) is 9.59 Å². The number of benzene rings is 1. The highest BCUT2D eigenvalue weighted by molar-refractivity contribution is 5.95. The van der Waals surface area contributed by atoms with Crippen molar-refractivity contribution in [1.82, 2.24) is 0 Å². The van der Waals surface area contributed by atoms with Gasteiger partial charge in [0.05, 0.1) is 7.11 Å². The molecule has 3 heteroatoms. The van der Waals surface area contributed by atoms with Crippen LogP contribution < -0.4 is 0 Å². The van der Waals surface area contributed by atoms with Gasteiger partial charge in [-0.25, -0.2) is 0 Å². The SMILES string of the molecule is CCCCCCc1ccc([C@H]2C=CC(=O)[C@@H]2CCCCCCC(=O)OC)cc1. The van der Waals surface area contributed by atoms with Crippen LogP contribution in [0.5, 0.6) is 0 Å². The molecule has 2 rings (SSSR count). The van der Waals surface area contributed by atoms with Gasteiger partial charge in [-0.15, -0.1) is 0 Å². The lowest BCUT2D eigenvalue weighted by atomic mass is 9.84. The van der Waals surface area contributed by atoms with Gasteiger partial charge in [0.15, 0.2) is 5.78 Å². The zero-order valence-corrected chi connectivity index (χ0v) is 17.6. The van der Waals surface area contributed by atoms with Gasteiger partial charge in [0.2, 0.25) is 0 Å². The topological polar surface area (TPSA) is 43.4 Å². The van der Waals surface area contributed by atoms with E-state index in [2.05, 4.69) is 42.0 Å². The molecule has 1 aliphatic carbocycles. The van der Waals surface area contributed by atoms with Crippen LogP contribution in [0, 0.1) is 5.92 Å². The molecule has 28 heavy (non-hydrogen) atoms. The van der Waals surface area contributed by atoms with Crippen molar-refractivity contribution in [2.75, 3.05) is 7.11 Å². The molecule has 0 heterocycles. The first-order chi connectivity index (χ1) is 13.7. The Morgan fingerprint density at radius 1 is 0.964 bits per heavy atom. The predicted octanol–water partition coefficient (Wildman–Crippen LogP) is 6.16. The summed E-state index contributed by atoms with van der Waals surface area (Å²) in [6, 6.07) is 8.90. The second-order valence-corrected chi connectivity index (χ2v) is 7.98. The minimum atomic E-state index is -0.135. The molecule has 1 aromatic rings. The van der Waals surface area contributed by atoms with Crippen molar-refractivity contribution in [3.63, 3.8) is 0 Å². The van der Waals surface area contributed by atoms with E-state index in [0.29, 0.717) is 6.42 Å². The molecule has 0 amide bonds. The van der Waals surface area contributed by atoms with E-state index in [-0.39, 0.29) is 23.6 Å². The second kappa shape index (κ2) is 12.5. The average Bonchev–Trinajstić information content (AvgIpc) is 3.08. The van der Waals surface area contributed by atoms with Crippen LogP contribution in [0.25, 0.3) is 0 Å². The zero-order chi connectivity index (χ0) is 20.2. The molecular formula is C25H36O3. The Kier molecular flexibility index (Phi) is 10.0. The summed E-state index contributed by atoms with van der Waals surface area (Å²) in [5.41, 5.74) is 2.66. The van der Waals surface area contributed by atoms with Gasteiger partial charge in [-0.05, 0) is 42.9 Å². The molecule has 3 nitrogen and oxygen atoms in total. The van der Waals surface area contributed by atoms with Crippen molar-refractivity contribution in [2.45, 2.75) is 83.5 Å². The van der Waals surface area contributed by atoms with Crippen LogP contribution in [0.15, 0.2) is 36.4 Å². The van der Waals surface area contributed by atoms with Gasteiger partial charge in [-0.2, -0.15) is 0 Å². The van der Waals surface area contributed by atoms with Crippen molar-refractivity contribution in [3.8, 4) is 0 Å². The Hall–Kier alpha value is -1.90. The third-order valence-corrected chi connectivity index (χ3v) is 5.82. The summed E-state index contributed by atoms with van der Waals surface area (Å²) >= 11 is 0. The highest BCUT2D eigenvalue weighted by atomic mass is 16.5. The molecule has 0 spiro atoms. The van der Waals surface area contributed by atoms with E-state index in [4.69, 9.17) is 0 Å². The van der Waals surface area contributed by atoms with Crippen LogP contribution in [-0.4, -0.2) is 18.9 Å². The minimum absolute atomic E-state index is 0.0796. The summed E-state index contributed by atoms with van der Waals surface area (Å²) in [4.78, 5) is 23.5. The number of carbonyl (C=O) groups excluding carboxylic acids is 2. The van der Waals surface area contributed by atoms with Crippen molar-refractivity contribution >= 4 is 11.8 Å². The normalized spacial score (nSPS) is 18.6. The monoisotopic (exact) mass is 384 g/mol. The lowest BCUT2D eigenvalue weighted by Gasteiger charge is -2.19. The van der Waals surface area contributed by atoms with Crippen molar-refractivity contribution < 1.29 is 14.3 Å². The first-order valence-corrected chi connectivity index (χ1v) is 11.0. The summed E-state index contributed by atoms with van der Waals surface area (Å²) in [7, 11) is 1.43. The van der Waals surface area contributed by atoms with E-state index in [0.717, 1.165) is 38.5 Å². The van der Waals surface area contributed by atoms with Crippen LogP contribution in [0.2, 0.25) is 0 Å². The number of ether oxygens (including phenoxy) is 1. The van der Waals surface area contributed by atoms with Gasteiger partial charge >= 0.3 is 5.97 Å². The largest absolute Gasteiger partial charge is 0.469 e. The maximum absolute atomic E-state index is 12.3. The van der Waals surface area contributed by atoms with E-state index in [1.54, 1.807) is 6.08 Å². The number of methoxy groups -OCH3 is 1. The molecular weight excluding hydrogens is 348 g/mol. The standard InChI is InChI=1S/C25H36O3/c1-3-4-5-8-11-20-14-16-21(17-15-20)22-18-19-24(26)23(22)12-9-6-7-10-13-25(27)28-2/h14-19,22-23H,3-13H2,1-2H3/t22-,23-/m1/s1. The molecule has 0 radical (unpaired) electrons. The van der Waals surface area contributed by atoms with Gasteiger partial charge in [0, 0.05) is 18.3 Å². The van der Waals surface area contributed by atoms with E-state index in [1.165, 1.54) is 43.9 Å². The number of carbonyl (C=O) groups is 2. The number of allylic oxidation sites excluding steroid dienone is 2. The fourth-order valence-electron chi connectivity index (χ4n) is 4.05. The molecule has 1 aliphatic rings. The van der Waals surface area contributed by atoms with Crippen LogP contribution in [-0.2, 0) is 20.7 Å². The van der Waals surface area contributed by atoms with Crippen LogP contribution in [0.3, 0.4) is 0 Å². The first kappa shape index (κ1) is 22.4. The smallest absolute Gasteiger partial charge is 0.305 e. The maximum Gasteiger partial charge on any atom is 0.305 e. The van der Waals surface area contributed by atoms with E-state index < -0.39 is 0 Å². The number of ketones is 1. The molecule has 0 bridgehead atoms. The summed E-state index contributed by atoms with van der Waals surface area (Å²) in [5, 5.41) is 0. The maximum atomic E-state index is 12.3. The number of esters is 1. The molecule has 1 aromatic carbocycles. The number of rotatable bonds is 13. The summed E-state index contributed by atoms with van der Waals surface area (Å²) in [6.07, 6.45) is 15.5. The summed E-state index contributed by atoms with van der Waals surface area (Å²) in [6.45, 7) is 2.24. The predicted molar refractivity (Wildman–Crippen MR) is 114 cm³/mol. The Balaban J connectivity index is 1.77. The third kappa shape index (κ3) is 7.26. The molecule has 0 unspecified atom stereocenters. The van der Waals surface area contributed by atoms with Crippen molar-refractivity contribution in [2.24, 2.45) is 5.92 Å². The third-order valence-electron chi connectivity index (χ3n) is 5.82. The van der Waals surface area contributed by atoms with Crippen LogP contribution in [0.1, 0.15) is 88.2 Å². The fourth-order valence-corrected chi connectivity index (χ4v) is 4.05. The Bertz CT molecular complexity index is 630. The second-order valence-electron chi connectivity index (χ2n) is 7.98. The first-order valence-electron chi connectivity index (χ1n) is 11.0. The molecule has 0 aromatic heterocycles. The lowest BCUT2D eigenvalue weighted by Crippen LogP contribution is -2.14. The van der Waals surface area contributed by atoms with Gasteiger partial charge in [-0.3, -0.25) is 9.59 Å². The van der Waals surface area contributed by atoms with E-state index >= 15 is 0 Å². The molecule has 0 N–H and O–H groups in total. The zero-order valence-electron chi connectivity index (χ0n) is 17.6. The minimum Gasteiger partial charge on any atom is -0.469 e.